The summed E-state index contributed by atoms with van der Waals surface area (Å²) in [6, 6.07) is 5.67. The van der Waals surface area contributed by atoms with Gasteiger partial charge in [0.1, 0.15) is 0 Å². The molecule has 0 heterocycles. The Kier molecular flexibility index (Phi) is 3.92. The van der Waals surface area contributed by atoms with E-state index in [1.165, 1.54) is 0 Å². The maximum absolute atomic E-state index is 10.4. The first kappa shape index (κ1) is 11.8. The number of aryl methyl sites for hydroxylation is 1. The molecule has 0 radical (unpaired) electrons. The number of halogens is 1. The lowest BCUT2D eigenvalue weighted by Crippen LogP contribution is -1.91. The van der Waals surface area contributed by atoms with Crippen molar-refractivity contribution in [2.24, 2.45) is 0 Å². The van der Waals surface area contributed by atoms with Gasteiger partial charge >= 0.3 is 5.97 Å². The van der Waals surface area contributed by atoms with Gasteiger partial charge in [-0.2, -0.15) is 0 Å². The van der Waals surface area contributed by atoms with Gasteiger partial charge in [0.2, 0.25) is 0 Å². The number of hydrogen-bond donors (Lipinski definition) is 1. The Hall–Kier alpha value is -1.28. The highest BCUT2D eigenvalue weighted by atomic mass is 35.5. The van der Waals surface area contributed by atoms with Crippen LogP contribution in [0, 0.1) is 6.92 Å². The number of carbonyl (C=O) groups is 1. The highest BCUT2D eigenvalue weighted by Crippen LogP contribution is 2.21. The number of allylic oxidation sites excluding steroid dienone is 1. The zero-order valence-corrected chi connectivity index (χ0v) is 9.51. The average molecular weight is 225 g/mol. The first-order valence-corrected chi connectivity index (χ1v) is 5.03. The summed E-state index contributed by atoms with van der Waals surface area (Å²) in [5, 5.41) is 9.27. The Balaban J connectivity index is 2.91. The van der Waals surface area contributed by atoms with Crippen LogP contribution in [0.1, 0.15) is 24.5 Å². The van der Waals surface area contributed by atoms with Crippen LogP contribution in [0.15, 0.2) is 24.3 Å². The third kappa shape index (κ3) is 3.40. The molecule has 0 unspecified atom stereocenters. The SMILES string of the molecule is C/C(=C\CC(=O)O)c1ccc(Cl)c(C)c1. The second-order valence-electron chi connectivity index (χ2n) is 3.45. The fourth-order valence-corrected chi connectivity index (χ4v) is 1.37. The summed E-state index contributed by atoms with van der Waals surface area (Å²) < 4.78 is 0. The number of benzene rings is 1. The van der Waals surface area contributed by atoms with E-state index in [-0.39, 0.29) is 6.42 Å². The van der Waals surface area contributed by atoms with Crippen LogP contribution < -0.4 is 0 Å². The highest BCUT2D eigenvalue weighted by molar-refractivity contribution is 6.31. The smallest absolute Gasteiger partial charge is 0.307 e. The molecule has 0 fully saturated rings. The first-order valence-electron chi connectivity index (χ1n) is 4.66. The monoisotopic (exact) mass is 224 g/mol. The number of rotatable bonds is 3. The molecule has 0 saturated carbocycles. The molecule has 80 valence electrons. The summed E-state index contributed by atoms with van der Waals surface area (Å²) in [6.07, 6.45) is 1.75. The average Bonchev–Trinajstić information content (AvgIpc) is 2.18. The standard InChI is InChI=1S/C12H13ClO2/c1-8(3-6-12(14)15)10-4-5-11(13)9(2)7-10/h3-5,7H,6H2,1-2H3,(H,14,15)/b8-3+. The Labute approximate surface area is 94.2 Å². The van der Waals surface area contributed by atoms with Crippen molar-refractivity contribution in [3.63, 3.8) is 0 Å². The molecule has 15 heavy (non-hydrogen) atoms. The van der Waals surface area contributed by atoms with Gasteiger partial charge in [-0.25, -0.2) is 0 Å². The maximum atomic E-state index is 10.4. The molecule has 0 aliphatic heterocycles. The van der Waals surface area contributed by atoms with Crippen molar-refractivity contribution in [3.8, 4) is 0 Å². The summed E-state index contributed by atoms with van der Waals surface area (Å²) in [5.74, 6) is -0.819. The molecule has 2 nitrogen and oxygen atoms in total. The zero-order valence-electron chi connectivity index (χ0n) is 8.75. The van der Waals surface area contributed by atoms with Gasteiger partial charge in [-0.3, -0.25) is 4.79 Å². The van der Waals surface area contributed by atoms with Crippen LogP contribution in [-0.2, 0) is 4.79 Å². The van der Waals surface area contributed by atoms with E-state index in [4.69, 9.17) is 16.7 Å². The lowest BCUT2D eigenvalue weighted by molar-refractivity contribution is -0.135. The Bertz CT molecular complexity index is 408. The summed E-state index contributed by atoms with van der Waals surface area (Å²) in [7, 11) is 0. The summed E-state index contributed by atoms with van der Waals surface area (Å²) in [4.78, 5) is 10.4. The van der Waals surface area contributed by atoms with E-state index < -0.39 is 5.97 Å². The Morgan fingerprint density at radius 3 is 2.73 bits per heavy atom. The number of aliphatic carboxylic acids is 1. The summed E-state index contributed by atoms with van der Waals surface area (Å²) >= 11 is 5.90. The first-order chi connectivity index (χ1) is 7.00. The third-order valence-corrected chi connectivity index (χ3v) is 2.62. The van der Waals surface area contributed by atoms with Crippen molar-refractivity contribution in [2.45, 2.75) is 20.3 Å². The van der Waals surface area contributed by atoms with E-state index in [2.05, 4.69) is 0 Å². The van der Waals surface area contributed by atoms with E-state index in [1.807, 2.05) is 32.0 Å². The number of hydrogen-bond acceptors (Lipinski definition) is 1. The van der Waals surface area contributed by atoms with Gasteiger partial charge in [-0.15, -0.1) is 0 Å². The minimum Gasteiger partial charge on any atom is -0.481 e. The molecule has 0 amide bonds. The van der Waals surface area contributed by atoms with Crippen LogP contribution in [0.3, 0.4) is 0 Å². The van der Waals surface area contributed by atoms with Gasteiger partial charge < -0.3 is 5.11 Å². The third-order valence-electron chi connectivity index (χ3n) is 2.20. The maximum Gasteiger partial charge on any atom is 0.307 e. The van der Waals surface area contributed by atoms with Gasteiger partial charge in [0.25, 0.3) is 0 Å². The molecule has 0 spiro atoms. The fraction of sp³-hybridized carbons (Fsp3) is 0.250. The second kappa shape index (κ2) is 4.99. The predicted molar refractivity (Wildman–Crippen MR) is 62.1 cm³/mol. The summed E-state index contributed by atoms with van der Waals surface area (Å²) in [6.45, 7) is 3.82. The van der Waals surface area contributed by atoms with Crippen LogP contribution in [0.2, 0.25) is 5.02 Å². The van der Waals surface area contributed by atoms with Crippen molar-refractivity contribution in [1.29, 1.82) is 0 Å². The summed E-state index contributed by atoms with van der Waals surface area (Å²) in [5.41, 5.74) is 2.97. The van der Waals surface area contributed by atoms with Crippen molar-refractivity contribution in [2.75, 3.05) is 0 Å². The quantitative estimate of drug-likeness (QED) is 0.853. The Morgan fingerprint density at radius 2 is 2.20 bits per heavy atom. The van der Waals surface area contributed by atoms with Crippen LogP contribution in [-0.4, -0.2) is 11.1 Å². The van der Waals surface area contributed by atoms with E-state index in [9.17, 15) is 4.79 Å². The lowest BCUT2D eigenvalue weighted by Gasteiger charge is -2.04. The molecular weight excluding hydrogens is 212 g/mol. The lowest BCUT2D eigenvalue weighted by atomic mass is 10.0. The van der Waals surface area contributed by atoms with Gasteiger partial charge in [-0.05, 0) is 36.6 Å². The molecule has 1 rings (SSSR count). The van der Waals surface area contributed by atoms with Gasteiger partial charge in [-0.1, -0.05) is 29.8 Å². The van der Waals surface area contributed by atoms with Crippen molar-refractivity contribution < 1.29 is 9.90 Å². The van der Waals surface area contributed by atoms with Crippen molar-refractivity contribution in [1.82, 2.24) is 0 Å². The Morgan fingerprint density at radius 1 is 1.53 bits per heavy atom. The molecule has 3 heteroatoms. The molecule has 0 aliphatic rings. The van der Waals surface area contributed by atoms with Gasteiger partial charge in [0.05, 0.1) is 6.42 Å². The van der Waals surface area contributed by atoms with E-state index >= 15 is 0 Å². The van der Waals surface area contributed by atoms with Crippen LogP contribution in [0.5, 0.6) is 0 Å². The molecule has 1 N–H and O–H groups in total. The van der Waals surface area contributed by atoms with E-state index in [0.29, 0.717) is 0 Å². The molecule has 0 bridgehead atoms. The van der Waals surface area contributed by atoms with Gasteiger partial charge in [0.15, 0.2) is 0 Å². The predicted octanol–water partition coefficient (Wildman–Crippen LogP) is 3.53. The molecule has 0 saturated heterocycles. The van der Waals surface area contributed by atoms with Crippen LogP contribution >= 0.6 is 11.6 Å². The molecule has 1 aromatic carbocycles. The van der Waals surface area contributed by atoms with Gasteiger partial charge in [0, 0.05) is 5.02 Å². The molecular formula is C12H13ClO2. The molecule has 0 atom stereocenters. The molecule has 1 aromatic rings. The number of carboxylic acids is 1. The van der Waals surface area contributed by atoms with Crippen LogP contribution in [0.4, 0.5) is 0 Å². The molecule has 0 aromatic heterocycles. The normalized spacial score (nSPS) is 11.5. The largest absolute Gasteiger partial charge is 0.481 e. The van der Waals surface area contributed by atoms with Crippen molar-refractivity contribution in [3.05, 3.63) is 40.4 Å². The highest BCUT2D eigenvalue weighted by Gasteiger charge is 2.00. The van der Waals surface area contributed by atoms with Crippen molar-refractivity contribution >= 4 is 23.1 Å². The topological polar surface area (TPSA) is 37.3 Å². The van der Waals surface area contributed by atoms with E-state index in [0.717, 1.165) is 21.7 Å². The number of carboxylic acid groups (broad SMARTS) is 1. The zero-order chi connectivity index (χ0) is 11.4. The van der Waals surface area contributed by atoms with Crippen LogP contribution in [0.25, 0.3) is 5.57 Å². The fourth-order valence-electron chi connectivity index (χ4n) is 1.25. The second-order valence-corrected chi connectivity index (χ2v) is 3.86. The minimum absolute atomic E-state index is 0.0491. The minimum atomic E-state index is -0.819. The molecule has 0 aliphatic carbocycles. The van der Waals surface area contributed by atoms with E-state index in [1.54, 1.807) is 6.08 Å².